The Labute approximate surface area is 113 Å². The van der Waals surface area contributed by atoms with Gasteiger partial charge in [-0.1, -0.05) is 12.1 Å². The summed E-state index contributed by atoms with van der Waals surface area (Å²) in [6.07, 6.45) is 0. The predicted octanol–water partition coefficient (Wildman–Crippen LogP) is 3.74. The Kier molecular flexibility index (Phi) is 4.04. The second-order valence-electron chi connectivity index (χ2n) is 4.33. The van der Waals surface area contributed by atoms with Crippen LogP contribution in [0.25, 0.3) is 0 Å². The summed E-state index contributed by atoms with van der Waals surface area (Å²) in [7, 11) is 1.66. The molecule has 3 heteroatoms. The van der Waals surface area contributed by atoms with E-state index in [1.807, 2.05) is 30.3 Å². The lowest BCUT2D eigenvalue weighted by Crippen LogP contribution is -2.06. The Hall–Kier alpha value is -2.47. The average molecular weight is 252 g/mol. The van der Waals surface area contributed by atoms with E-state index in [4.69, 9.17) is 10.00 Å². The number of hydrogen-bond donors (Lipinski definition) is 1. The summed E-state index contributed by atoms with van der Waals surface area (Å²) in [5.41, 5.74) is 2.82. The second-order valence-corrected chi connectivity index (χ2v) is 4.33. The molecule has 0 saturated carbocycles. The molecule has 96 valence electrons. The molecule has 0 radical (unpaired) electrons. The normalized spacial score (nSPS) is 11.4. The number of anilines is 1. The molecule has 2 rings (SSSR count). The van der Waals surface area contributed by atoms with Crippen LogP contribution in [0.5, 0.6) is 5.75 Å². The van der Waals surface area contributed by atoms with Crippen molar-refractivity contribution in [3.8, 4) is 11.8 Å². The number of nitrogens with one attached hydrogen (secondary N) is 1. The Morgan fingerprint density at radius 3 is 2.53 bits per heavy atom. The van der Waals surface area contributed by atoms with Gasteiger partial charge in [0, 0.05) is 11.7 Å². The minimum Gasteiger partial charge on any atom is -0.497 e. The van der Waals surface area contributed by atoms with Crippen LogP contribution in [0.2, 0.25) is 0 Å². The molecule has 0 spiro atoms. The van der Waals surface area contributed by atoms with Crippen LogP contribution >= 0.6 is 0 Å². The van der Waals surface area contributed by atoms with E-state index in [1.165, 1.54) is 0 Å². The smallest absolute Gasteiger partial charge is 0.119 e. The van der Waals surface area contributed by atoms with Gasteiger partial charge < -0.3 is 10.1 Å². The first-order valence-electron chi connectivity index (χ1n) is 6.13. The van der Waals surface area contributed by atoms with E-state index < -0.39 is 0 Å². The Morgan fingerprint density at radius 1 is 1.16 bits per heavy atom. The quantitative estimate of drug-likeness (QED) is 0.901. The Bertz CT molecular complexity index is 584. The molecule has 1 N–H and O–H groups in total. The topological polar surface area (TPSA) is 45.0 Å². The highest BCUT2D eigenvalue weighted by Gasteiger charge is 2.06. The zero-order valence-electron chi connectivity index (χ0n) is 11.1. The van der Waals surface area contributed by atoms with Gasteiger partial charge in [-0.3, -0.25) is 0 Å². The van der Waals surface area contributed by atoms with E-state index in [0.29, 0.717) is 5.56 Å². The molecule has 19 heavy (non-hydrogen) atoms. The molecule has 3 nitrogen and oxygen atoms in total. The van der Waals surface area contributed by atoms with Crippen molar-refractivity contribution in [2.45, 2.75) is 13.0 Å². The number of ether oxygens (including phenoxy) is 1. The summed E-state index contributed by atoms with van der Waals surface area (Å²) in [5, 5.41) is 12.2. The fourth-order valence-electron chi connectivity index (χ4n) is 1.89. The number of nitriles is 1. The molecule has 0 saturated heterocycles. The zero-order chi connectivity index (χ0) is 13.7. The molecule has 1 atom stereocenters. The lowest BCUT2D eigenvalue weighted by molar-refractivity contribution is 0.414. The molecule has 0 bridgehead atoms. The van der Waals surface area contributed by atoms with Gasteiger partial charge in [0.1, 0.15) is 5.75 Å². The summed E-state index contributed by atoms with van der Waals surface area (Å²) >= 11 is 0. The van der Waals surface area contributed by atoms with Crippen LogP contribution in [0.1, 0.15) is 24.1 Å². The highest BCUT2D eigenvalue weighted by Crippen LogP contribution is 2.22. The summed E-state index contributed by atoms with van der Waals surface area (Å²) in [4.78, 5) is 0. The van der Waals surface area contributed by atoms with Gasteiger partial charge in [0.05, 0.1) is 18.7 Å². The molecule has 0 aliphatic heterocycles. The van der Waals surface area contributed by atoms with E-state index >= 15 is 0 Å². The number of benzene rings is 2. The maximum atomic E-state index is 8.76. The summed E-state index contributed by atoms with van der Waals surface area (Å²) in [5.74, 6) is 0.853. The van der Waals surface area contributed by atoms with Gasteiger partial charge in [-0.15, -0.1) is 0 Å². The first-order chi connectivity index (χ1) is 9.22. The largest absolute Gasteiger partial charge is 0.497 e. The maximum absolute atomic E-state index is 8.76. The molecule has 1 unspecified atom stereocenters. The van der Waals surface area contributed by atoms with Crippen molar-refractivity contribution in [1.82, 2.24) is 0 Å². The third kappa shape index (κ3) is 3.26. The molecule has 0 aliphatic carbocycles. The van der Waals surface area contributed by atoms with Gasteiger partial charge >= 0.3 is 0 Å². The van der Waals surface area contributed by atoms with E-state index in [1.54, 1.807) is 19.2 Å². The molecule has 0 amide bonds. The van der Waals surface area contributed by atoms with E-state index in [9.17, 15) is 0 Å². The molecule has 0 aliphatic rings. The minimum absolute atomic E-state index is 0.169. The van der Waals surface area contributed by atoms with E-state index in [0.717, 1.165) is 17.0 Å². The summed E-state index contributed by atoms with van der Waals surface area (Å²) in [6.45, 7) is 2.09. The number of hydrogen-bond acceptors (Lipinski definition) is 3. The van der Waals surface area contributed by atoms with Crippen molar-refractivity contribution < 1.29 is 4.74 Å². The van der Waals surface area contributed by atoms with Crippen molar-refractivity contribution in [3.05, 3.63) is 59.7 Å². The monoisotopic (exact) mass is 252 g/mol. The molecular formula is C16H16N2O. The van der Waals surface area contributed by atoms with Gasteiger partial charge in [0.2, 0.25) is 0 Å². The predicted molar refractivity (Wildman–Crippen MR) is 76.2 cm³/mol. The van der Waals surface area contributed by atoms with Crippen molar-refractivity contribution in [2.24, 2.45) is 0 Å². The molecule has 0 fully saturated rings. The van der Waals surface area contributed by atoms with Crippen LogP contribution in [-0.2, 0) is 0 Å². The first kappa shape index (κ1) is 13.0. The van der Waals surface area contributed by atoms with Crippen LogP contribution in [-0.4, -0.2) is 7.11 Å². The highest BCUT2D eigenvalue weighted by atomic mass is 16.5. The lowest BCUT2D eigenvalue weighted by atomic mass is 10.1. The SMILES string of the molecule is COc1cccc(C(C)Nc2ccc(C#N)cc2)c1. The van der Waals surface area contributed by atoms with Crippen molar-refractivity contribution in [3.63, 3.8) is 0 Å². The first-order valence-corrected chi connectivity index (χ1v) is 6.13. The zero-order valence-corrected chi connectivity index (χ0v) is 11.1. The molecule has 0 heterocycles. The summed E-state index contributed by atoms with van der Waals surface area (Å²) in [6, 6.07) is 17.7. The van der Waals surface area contributed by atoms with Gasteiger partial charge in [-0.2, -0.15) is 5.26 Å². The van der Waals surface area contributed by atoms with Crippen LogP contribution < -0.4 is 10.1 Å². The highest BCUT2D eigenvalue weighted by molar-refractivity contribution is 5.49. The van der Waals surface area contributed by atoms with Crippen molar-refractivity contribution in [1.29, 1.82) is 5.26 Å². The van der Waals surface area contributed by atoms with Crippen LogP contribution in [0.3, 0.4) is 0 Å². The van der Waals surface area contributed by atoms with Crippen LogP contribution in [0.4, 0.5) is 5.69 Å². The molecule has 2 aromatic carbocycles. The standard InChI is InChI=1S/C16H16N2O/c1-12(14-4-3-5-16(10-14)19-2)18-15-8-6-13(11-17)7-9-15/h3-10,12,18H,1-2H3. The van der Waals surface area contributed by atoms with Crippen LogP contribution in [0, 0.1) is 11.3 Å². The third-order valence-corrected chi connectivity index (χ3v) is 2.99. The van der Waals surface area contributed by atoms with Gasteiger partial charge in [0.25, 0.3) is 0 Å². The number of methoxy groups -OCH3 is 1. The van der Waals surface area contributed by atoms with Gasteiger partial charge in [0.15, 0.2) is 0 Å². The van der Waals surface area contributed by atoms with Gasteiger partial charge in [-0.25, -0.2) is 0 Å². The van der Waals surface area contributed by atoms with Crippen LogP contribution in [0.15, 0.2) is 48.5 Å². The summed E-state index contributed by atoms with van der Waals surface area (Å²) < 4.78 is 5.22. The fourth-order valence-corrected chi connectivity index (χ4v) is 1.89. The lowest BCUT2D eigenvalue weighted by Gasteiger charge is -2.16. The Balaban J connectivity index is 2.11. The van der Waals surface area contributed by atoms with E-state index in [-0.39, 0.29) is 6.04 Å². The molecule has 0 aromatic heterocycles. The second kappa shape index (κ2) is 5.92. The third-order valence-electron chi connectivity index (χ3n) is 2.99. The van der Waals surface area contributed by atoms with Crippen molar-refractivity contribution in [2.75, 3.05) is 12.4 Å². The number of rotatable bonds is 4. The molecule has 2 aromatic rings. The fraction of sp³-hybridized carbons (Fsp3) is 0.188. The number of nitrogens with zero attached hydrogens (tertiary/aromatic N) is 1. The molecular weight excluding hydrogens is 236 g/mol. The van der Waals surface area contributed by atoms with Crippen molar-refractivity contribution >= 4 is 5.69 Å². The minimum atomic E-state index is 0.169. The van der Waals surface area contributed by atoms with E-state index in [2.05, 4.69) is 24.4 Å². The van der Waals surface area contributed by atoms with Gasteiger partial charge in [-0.05, 0) is 48.9 Å². The maximum Gasteiger partial charge on any atom is 0.119 e. The Morgan fingerprint density at radius 2 is 1.89 bits per heavy atom. The average Bonchev–Trinajstić information content (AvgIpc) is 2.48.